The number of aliphatic carboxylic acids is 2. The molecule has 3 rings (SSSR count). The van der Waals surface area contributed by atoms with Crippen molar-refractivity contribution in [2.24, 2.45) is 5.73 Å². The highest BCUT2D eigenvalue weighted by atomic mass is 19.4. The second-order valence-corrected chi connectivity index (χ2v) is 6.75. The van der Waals surface area contributed by atoms with Crippen LogP contribution in [0.2, 0.25) is 0 Å². The molecule has 1 aromatic carbocycles. The van der Waals surface area contributed by atoms with E-state index in [2.05, 4.69) is 20.5 Å². The molecule has 6 N–H and O–H groups in total. The number of hydrogen-bond acceptors (Lipinski definition) is 7. The van der Waals surface area contributed by atoms with Gasteiger partial charge < -0.3 is 26.0 Å². The van der Waals surface area contributed by atoms with Crippen molar-refractivity contribution >= 4 is 34.4 Å². The largest absolute Gasteiger partial charge is 0.490 e. The van der Waals surface area contributed by atoms with Crippen LogP contribution in [0.25, 0.3) is 10.9 Å². The van der Waals surface area contributed by atoms with Crippen LogP contribution in [0.5, 0.6) is 5.88 Å². The van der Waals surface area contributed by atoms with E-state index < -0.39 is 24.3 Å². The standard InChI is InChI=1S/C16H17N5O2.2C2HF3O2/c1-10(8-17)23-16-13(3-2-6-18-16)15(22)20-12-4-5-14-11(7-12)9-19-21-14;2*3-2(4,5)1(6)7/h2-7,9-10H,8,17H2,1H3,(H,19,21)(H,20,22);2*(H,6,7)/t10-;;/m1../s1. The maximum absolute atomic E-state index is 12.5. The molecule has 0 aliphatic heterocycles. The summed E-state index contributed by atoms with van der Waals surface area (Å²) in [7, 11) is 0. The normalized spacial score (nSPS) is 11.8. The van der Waals surface area contributed by atoms with E-state index in [9.17, 15) is 31.1 Å². The highest BCUT2D eigenvalue weighted by Gasteiger charge is 2.38. The molecular formula is C20H19F6N5O6. The van der Waals surface area contributed by atoms with Gasteiger partial charge in [0.15, 0.2) is 0 Å². The molecule has 0 bridgehead atoms. The summed E-state index contributed by atoms with van der Waals surface area (Å²) in [5, 5.41) is 24.8. The first-order chi connectivity index (χ1) is 17.1. The predicted molar refractivity (Wildman–Crippen MR) is 115 cm³/mol. The Kier molecular flexibility index (Phi) is 10.8. The molecule has 0 unspecified atom stereocenters. The lowest BCUT2D eigenvalue weighted by atomic mass is 10.2. The Hall–Kier alpha value is -4.41. The summed E-state index contributed by atoms with van der Waals surface area (Å²) in [5.74, 6) is -5.53. The van der Waals surface area contributed by atoms with E-state index in [1.807, 2.05) is 19.1 Å². The summed E-state index contributed by atoms with van der Waals surface area (Å²) in [4.78, 5) is 34.4. The number of H-pyrrole nitrogens is 1. The number of amides is 1. The molecule has 0 radical (unpaired) electrons. The molecular weight excluding hydrogens is 520 g/mol. The number of benzene rings is 1. The fourth-order valence-corrected chi connectivity index (χ4v) is 2.12. The zero-order chi connectivity index (χ0) is 28.4. The minimum absolute atomic E-state index is 0.223. The molecule has 11 nitrogen and oxygen atoms in total. The average Bonchev–Trinajstić information content (AvgIpc) is 3.26. The number of fused-ring (bicyclic) bond motifs is 1. The molecule has 37 heavy (non-hydrogen) atoms. The molecule has 3 aromatic rings. The number of hydrogen-bond donors (Lipinski definition) is 5. The maximum atomic E-state index is 12.5. The van der Waals surface area contributed by atoms with Crippen LogP contribution in [0.1, 0.15) is 17.3 Å². The van der Waals surface area contributed by atoms with Crippen LogP contribution in [-0.4, -0.2) is 68.2 Å². The second-order valence-electron chi connectivity index (χ2n) is 6.75. The number of pyridine rings is 1. The molecule has 17 heteroatoms. The number of carbonyl (C=O) groups excluding carboxylic acids is 1. The van der Waals surface area contributed by atoms with Gasteiger partial charge in [-0.25, -0.2) is 14.6 Å². The van der Waals surface area contributed by atoms with Gasteiger partial charge in [-0.15, -0.1) is 0 Å². The summed E-state index contributed by atoms with van der Waals surface area (Å²) in [6.07, 6.45) is -7.11. The molecule has 0 aliphatic rings. The molecule has 0 aliphatic carbocycles. The van der Waals surface area contributed by atoms with Gasteiger partial charge in [-0.1, -0.05) is 0 Å². The van der Waals surface area contributed by atoms with Gasteiger partial charge in [-0.05, 0) is 37.3 Å². The van der Waals surface area contributed by atoms with Gasteiger partial charge >= 0.3 is 24.3 Å². The van der Waals surface area contributed by atoms with Gasteiger partial charge in [0.2, 0.25) is 5.88 Å². The Balaban J connectivity index is 0.000000404. The van der Waals surface area contributed by atoms with Crippen LogP contribution in [0, 0.1) is 0 Å². The summed E-state index contributed by atoms with van der Waals surface area (Å²) >= 11 is 0. The smallest absolute Gasteiger partial charge is 0.475 e. The van der Waals surface area contributed by atoms with Crippen LogP contribution >= 0.6 is 0 Å². The van der Waals surface area contributed by atoms with Gasteiger partial charge in [0, 0.05) is 23.8 Å². The summed E-state index contributed by atoms with van der Waals surface area (Å²) in [6, 6.07) is 8.86. The van der Waals surface area contributed by atoms with Crippen LogP contribution in [0.3, 0.4) is 0 Å². The van der Waals surface area contributed by atoms with Crippen LogP contribution in [-0.2, 0) is 9.59 Å². The third-order valence-corrected chi connectivity index (χ3v) is 3.84. The molecule has 2 aromatic heterocycles. The topological polar surface area (TPSA) is 181 Å². The van der Waals surface area contributed by atoms with Gasteiger partial charge in [-0.2, -0.15) is 31.4 Å². The molecule has 202 valence electrons. The average molecular weight is 539 g/mol. The van der Waals surface area contributed by atoms with Gasteiger partial charge in [0.25, 0.3) is 5.91 Å². The first-order valence-corrected chi connectivity index (χ1v) is 9.72. The quantitative estimate of drug-likeness (QED) is 0.304. The molecule has 1 amide bonds. The fraction of sp³-hybridized carbons (Fsp3) is 0.250. The maximum Gasteiger partial charge on any atom is 0.490 e. The number of nitrogens with one attached hydrogen (secondary N) is 2. The van der Waals surface area contributed by atoms with Crippen molar-refractivity contribution < 1.29 is 55.7 Å². The lowest BCUT2D eigenvalue weighted by Gasteiger charge is -2.14. The number of rotatable bonds is 5. The zero-order valence-corrected chi connectivity index (χ0v) is 18.6. The number of alkyl halides is 6. The molecule has 0 saturated heterocycles. The zero-order valence-electron chi connectivity index (χ0n) is 18.6. The van der Waals surface area contributed by atoms with E-state index in [4.69, 9.17) is 30.3 Å². The van der Waals surface area contributed by atoms with Crippen molar-refractivity contribution in [3.8, 4) is 5.88 Å². The van der Waals surface area contributed by atoms with Crippen molar-refractivity contribution in [1.82, 2.24) is 15.2 Å². The van der Waals surface area contributed by atoms with E-state index in [0.29, 0.717) is 17.8 Å². The fourth-order valence-electron chi connectivity index (χ4n) is 2.12. The Morgan fingerprint density at radius 3 is 2.16 bits per heavy atom. The first kappa shape index (κ1) is 30.6. The Morgan fingerprint density at radius 1 is 1.08 bits per heavy atom. The van der Waals surface area contributed by atoms with Crippen molar-refractivity contribution in [3.05, 3.63) is 48.3 Å². The lowest BCUT2D eigenvalue weighted by molar-refractivity contribution is -0.193. The number of aromatic nitrogens is 3. The number of anilines is 1. The van der Waals surface area contributed by atoms with Gasteiger partial charge in [0.05, 0.1) is 11.7 Å². The molecule has 0 spiro atoms. The molecule has 1 atom stereocenters. The van der Waals surface area contributed by atoms with E-state index >= 15 is 0 Å². The van der Waals surface area contributed by atoms with E-state index in [-0.39, 0.29) is 17.9 Å². The second kappa shape index (κ2) is 13.1. The third-order valence-electron chi connectivity index (χ3n) is 3.84. The first-order valence-electron chi connectivity index (χ1n) is 9.72. The van der Waals surface area contributed by atoms with Crippen molar-refractivity contribution in [2.45, 2.75) is 25.4 Å². The van der Waals surface area contributed by atoms with Crippen LogP contribution in [0.15, 0.2) is 42.7 Å². The predicted octanol–water partition coefficient (Wildman–Crippen LogP) is 3.20. The Labute approximate surface area is 203 Å². The SMILES string of the molecule is C[C@H](CN)Oc1ncccc1C(=O)Nc1ccc2[nH]ncc2c1.O=C(O)C(F)(F)F.O=C(O)C(F)(F)F. The number of nitrogens with two attached hydrogens (primary N) is 1. The van der Waals surface area contributed by atoms with Gasteiger partial charge in [-0.3, -0.25) is 9.89 Å². The van der Waals surface area contributed by atoms with Crippen LogP contribution < -0.4 is 15.8 Å². The number of halogens is 6. The van der Waals surface area contributed by atoms with E-state index in [1.165, 1.54) is 0 Å². The number of carboxylic acid groups (broad SMARTS) is 2. The van der Waals surface area contributed by atoms with Gasteiger partial charge in [0.1, 0.15) is 11.7 Å². The minimum atomic E-state index is -5.08. The summed E-state index contributed by atoms with van der Waals surface area (Å²) in [5.41, 5.74) is 7.49. The number of carboxylic acids is 2. The molecule has 0 saturated carbocycles. The Bertz CT molecular complexity index is 1190. The lowest BCUT2D eigenvalue weighted by Crippen LogP contribution is -2.25. The number of aromatic amines is 1. The van der Waals surface area contributed by atoms with Crippen molar-refractivity contribution in [2.75, 3.05) is 11.9 Å². The monoisotopic (exact) mass is 539 g/mol. The van der Waals surface area contributed by atoms with Crippen molar-refractivity contribution in [1.29, 1.82) is 0 Å². The highest BCUT2D eigenvalue weighted by molar-refractivity contribution is 6.06. The molecule has 2 heterocycles. The highest BCUT2D eigenvalue weighted by Crippen LogP contribution is 2.21. The summed E-state index contributed by atoms with van der Waals surface area (Å²) in [6.45, 7) is 2.16. The van der Waals surface area contributed by atoms with Crippen molar-refractivity contribution in [3.63, 3.8) is 0 Å². The summed E-state index contributed by atoms with van der Waals surface area (Å²) < 4.78 is 69.1. The minimum Gasteiger partial charge on any atom is -0.475 e. The Morgan fingerprint density at radius 2 is 1.65 bits per heavy atom. The number of carbonyl (C=O) groups is 3. The van der Waals surface area contributed by atoms with Crippen LogP contribution in [0.4, 0.5) is 32.0 Å². The number of nitrogens with zero attached hydrogens (tertiary/aromatic N) is 2. The van der Waals surface area contributed by atoms with E-state index in [0.717, 1.165) is 10.9 Å². The molecule has 0 fully saturated rings. The third kappa shape index (κ3) is 10.4. The number of ether oxygens (including phenoxy) is 1. The van der Waals surface area contributed by atoms with E-state index in [1.54, 1.807) is 30.6 Å².